The third-order valence-corrected chi connectivity index (χ3v) is 1.66. The van der Waals surface area contributed by atoms with E-state index in [0.29, 0.717) is 0 Å². The Morgan fingerprint density at radius 2 is 2.13 bits per heavy atom. The van der Waals surface area contributed by atoms with Crippen molar-refractivity contribution in [3.8, 4) is 0 Å². The highest BCUT2D eigenvalue weighted by Crippen LogP contribution is 2.16. The molecule has 0 fully saturated rings. The summed E-state index contributed by atoms with van der Waals surface area (Å²) in [6, 6.07) is 3.02. The second-order valence-corrected chi connectivity index (χ2v) is 2.77. The first kappa shape index (κ1) is 11.4. The van der Waals surface area contributed by atoms with Crippen molar-refractivity contribution >= 4 is 11.7 Å². The van der Waals surface area contributed by atoms with Crippen LogP contribution in [0.5, 0.6) is 0 Å². The Morgan fingerprint density at radius 3 is 2.60 bits per heavy atom. The highest BCUT2D eigenvalue weighted by atomic mass is 19.3. The first-order valence-electron chi connectivity index (χ1n) is 4.05. The second kappa shape index (κ2) is 4.68. The van der Waals surface area contributed by atoms with E-state index in [0.717, 1.165) is 18.2 Å². The van der Waals surface area contributed by atoms with Gasteiger partial charge in [0.25, 0.3) is 6.43 Å². The predicted octanol–water partition coefficient (Wildman–Crippen LogP) is 2.20. The van der Waals surface area contributed by atoms with Crippen LogP contribution < -0.4 is 5.32 Å². The molecule has 0 aliphatic carbocycles. The summed E-state index contributed by atoms with van der Waals surface area (Å²) in [5.74, 6) is -2.13. The number of nitrogens with one attached hydrogen (secondary N) is 1. The van der Waals surface area contributed by atoms with Crippen LogP contribution in [0, 0.1) is 5.82 Å². The van der Waals surface area contributed by atoms with Crippen molar-refractivity contribution in [2.45, 2.75) is 6.43 Å². The smallest absolute Gasteiger partial charge is 0.335 e. The van der Waals surface area contributed by atoms with Gasteiger partial charge in [0.1, 0.15) is 5.82 Å². The molecule has 82 valence electrons. The summed E-state index contributed by atoms with van der Waals surface area (Å²) in [4.78, 5) is 10.4. The minimum atomic E-state index is -2.59. The van der Waals surface area contributed by atoms with Crippen LogP contribution in [0.2, 0.25) is 0 Å². The molecule has 0 radical (unpaired) electrons. The highest BCUT2D eigenvalue weighted by molar-refractivity contribution is 5.88. The van der Waals surface area contributed by atoms with E-state index in [9.17, 15) is 18.0 Å². The van der Waals surface area contributed by atoms with E-state index in [-0.39, 0.29) is 11.3 Å². The zero-order chi connectivity index (χ0) is 11.4. The molecule has 1 aromatic carbocycles. The molecule has 1 aromatic rings. The SMILES string of the molecule is O=C(O)c1ccc(NCC(F)F)c(F)c1. The normalized spacial score (nSPS) is 10.4. The number of hydrogen-bond donors (Lipinski definition) is 2. The lowest BCUT2D eigenvalue weighted by Gasteiger charge is -2.06. The molecule has 0 aromatic heterocycles. The van der Waals surface area contributed by atoms with Crippen LogP contribution in [0.25, 0.3) is 0 Å². The number of halogens is 3. The maximum absolute atomic E-state index is 13.1. The Morgan fingerprint density at radius 1 is 1.47 bits per heavy atom. The molecule has 0 spiro atoms. The van der Waals surface area contributed by atoms with E-state index in [1.165, 1.54) is 0 Å². The van der Waals surface area contributed by atoms with Gasteiger partial charge in [0.05, 0.1) is 17.8 Å². The lowest BCUT2D eigenvalue weighted by atomic mass is 10.2. The van der Waals surface area contributed by atoms with E-state index in [1.54, 1.807) is 0 Å². The van der Waals surface area contributed by atoms with Crippen LogP contribution in [-0.4, -0.2) is 24.0 Å². The standard InChI is InChI=1S/C9H8F3NO2/c10-6-3-5(9(14)15)1-2-7(6)13-4-8(11)12/h1-3,8,13H,4H2,(H,14,15). The van der Waals surface area contributed by atoms with Crippen LogP contribution in [0.3, 0.4) is 0 Å². The molecule has 0 atom stereocenters. The van der Waals surface area contributed by atoms with Gasteiger partial charge in [-0.3, -0.25) is 0 Å². The summed E-state index contributed by atoms with van der Waals surface area (Å²) in [7, 11) is 0. The van der Waals surface area contributed by atoms with Crippen molar-refractivity contribution in [2.24, 2.45) is 0 Å². The number of benzene rings is 1. The molecule has 0 aliphatic rings. The average molecular weight is 219 g/mol. The largest absolute Gasteiger partial charge is 0.478 e. The number of hydrogen-bond acceptors (Lipinski definition) is 2. The molecule has 15 heavy (non-hydrogen) atoms. The zero-order valence-corrected chi connectivity index (χ0v) is 7.51. The molecule has 0 amide bonds. The Balaban J connectivity index is 2.79. The van der Waals surface area contributed by atoms with E-state index >= 15 is 0 Å². The molecule has 3 nitrogen and oxygen atoms in total. The van der Waals surface area contributed by atoms with Gasteiger partial charge < -0.3 is 10.4 Å². The van der Waals surface area contributed by atoms with Crippen LogP contribution >= 0.6 is 0 Å². The number of carboxylic acid groups (broad SMARTS) is 1. The fourth-order valence-corrected chi connectivity index (χ4v) is 0.979. The van der Waals surface area contributed by atoms with Gasteiger partial charge in [-0.05, 0) is 18.2 Å². The van der Waals surface area contributed by atoms with Crippen LogP contribution in [-0.2, 0) is 0 Å². The molecule has 0 saturated heterocycles. The summed E-state index contributed by atoms with van der Waals surface area (Å²) in [6.45, 7) is -0.677. The molecule has 0 unspecified atom stereocenters. The average Bonchev–Trinajstić information content (AvgIpc) is 2.15. The van der Waals surface area contributed by atoms with Crippen molar-refractivity contribution < 1.29 is 23.1 Å². The minimum Gasteiger partial charge on any atom is -0.478 e. The maximum atomic E-state index is 13.1. The van der Waals surface area contributed by atoms with Crippen LogP contribution in [0.1, 0.15) is 10.4 Å². The van der Waals surface area contributed by atoms with Crippen molar-refractivity contribution in [3.63, 3.8) is 0 Å². The van der Waals surface area contributed by atoms with Gasteiger partial charge in [0.15, 0.2) is 0 Å². The van der Waals surface area contributed by atoms with Crippen molar-refractivity contribution in [3.05, 3.63) is 29.6 Å². The summed E-state index contributed by atoms with van der Waals surface area (Å²) in [5, 5.41) is 10.7. The number of anilines is 1. The van der Waals surface area contributed by atoms with Gasteiger partial charge in [0, 0.05) is 0 Å². The molecule has 2 N–H and O–H groups in total. The number of aromatic carboxylic acids is 1. The highest BCUT2D eigenvalue weighted by Gasteiger charge is 2.09. The Kier molecular flexibility index (Phi) is 3.54. The molecule has 0 aliphatic heterocycles. The molecule has 0 saturated carbocycles. The minimum absolute atomic E-state index is 0.139. The molecule has 6 heteroatoms. The van der Waals surface area contributed by atoms with E-state index < -0.39 is 24.8 Å². The summed E-state index contributed by atoms with van der Waals surface area (Å²) in [5.41, 5.74) is -0.365. The fraction of sp³-hybridized carbons (Fsp3) is 0.222. The van der Waals surface area contributed by atoms with Crippen molar-refractivity contribution in [1.82, 2.24) is 0 Å². The van der Waals surface area contributed by atoms with Gasteiger partial charge in [-0.1, -0.05) is 0 Å². The molecular weight excluding hydrogens is 211 g/mol. The number of carboxylic acids is 1. The number of carbonyl (C=O) groups is 1. The van der Waals surface area contributed by atoms with Gasteiger partial charge in [-0.2, -0.15) is 0 Å². The summed E-state index contributed by atoms with van der Waals surface area (Å²) < 4.78 is 36.7. The van der Waals surface area contributed by atoms with E-state index in [1.807, 2.05) is 0 Å². The summed E-state index contributed by atoms with van der Waals surface area (Å²) >= 11 is 0. The topological polar surface area (TPSA) is 49.3 Å². The molecular formula is C9H8F3NO2. The van der Waals surface area contributed by atoms with Gasteiger partial charge in [-0.25, -0.2) is 18.0 Å². The number of alkyl halides is 2. The zero-order valence-electron chi connectivity index (χ0n) is 7.51. The maximum Gasteiger partial charge on any atom is 0.335 e. The predicted molar refractivity (Wildman–Crippen MR) is 47.9 cm³/mol. The fourth-order valence-electron chi connectivity index (χ4n) is 0.979. The lowest BCUT2D eigenvalue weighted by Crippen LogP contribution is -2.11. The van der Waals surface area contributed by atoms with Crippen molar-refractivity contribution in [2.75, 3.05) is 11.9 Å². The van der Waals surface area contributed by atoms with Crippen molar-refractivity contribution in [1.29, 1.82) is 0 Å². The van der Waals surface area contributed by atoms with Gasteiger partial charge in [-0.15, -0.1) is 0 Å². The lowest BCUT2D eigenvalue weighted by molar-refractivity contribution is 0.0696. The summed E-state index contributed by atoms with van der Waals surface area (Å²) in [6.07, 6.45) is -2.59. The molecule has 0 bridgehead atoms. The van der Waals surface area contributed by atoms with E-state index in [4.69, 9.17) is 5.11 Å². The molecule has 1 rings (SSSR count). The Labute approximate surface area is 83.5 Å². The van der Waals surface area contributed by atoms with E-state index in [2.05, 4.69) is 5.32 Å². The number of rotatable bonds is 4. The van der Waals surface area contributed by atoms with Crippen LogP contribution in [0.15, 0.2) is 18.2 Å². The first-order valence-corrected chi connectivity index (χ1v) is 4.05. The van der Waals surface area contributed by atoms with Crippen LogP contribution in [0.4, 0.5) is 18.9 Å². The first-order chi connectivity index (χ1) is 7.00. The quantitative estimate of drug-likeness (QED) is 0.816. The molecule has 0 heterocycles. The Hall–Kier alpha value is -1.72. The van der Waals surface area contributed by atoms with Gasteiger partial charge >= 0.3 is 5.97 Å². The third kappa shape index (κ3) is 3.16. The second-order valence-electron chi connectivity index (χ2n) is 2.77. The third-order valence-electron chi connectivity index (χ3n) is 1.66. The monoisotopic (exact) mass is 219 g/mol. The Bertz CT molecular complexity index is 368. The van der Waals surface area contributed by atoms with Gasteiger partial charge in [0.2, 0.25) is 0 Å².